The van der Waals surface area contributed by atoms with Crippen LogP contribution in [0.5, 0.6) is 0 Å². The standard InChI is InChI=1S/C11H13ClFNO3S/c1-6(2)14-11(15)9-5-8(18(12,16)17)4-7(3)10(9)13/h4-6H,1-3H3,(H,14,15). The molecule has 100 valence electrons. The van der Waals surface area contributed by atoms with Gasteiger partial charge in [0.2, 0.25) is 0 Å². The average Bonchev–Trinajstić information content (AvgIpc) is 2.18. The number of benzene rings is 1. The van der Waals surface area contributed by atoms with Crippen LogP contribution in [0.1, 0.15) is 29.8 Å². The van der Waals surface area contributed by atoms with Gasteiger partial charge in [-0.25, -0.2) is 12.8 Å². The van der Waals surface area contributed by atoms with Gasteiger partial charge in [-0.1, -0.05) is 0 Å². The van der Waals surface area contributed by atoms with Gasteiger partial charge in [0.05, 0.1) is 10.5 Å². The summed E-state index contributed by atoms with van der Waals surface area (Å²) in [7, 11) is 1.18. The van der Waals surface area contributed by atoms with Crippen LogP contribution in [0.3, 0.4) is 0 Å². The highest BCUT2D eigenvalue weighted by Crippen LogP contribution is 2.22. The maximum absolute atomic E-state index is 13.8. The molecule has 1 rings (SSSR count). The lowest BCUT2D eigenvalue weighted by atomic mass is 10.1. The summed E-state index contributed by atoms with van der Waals surface area (Å²) in [6, 6.07) is 1.83. The first-order valence-corrected chi connectivity index (χ1v) is 7.49. The summed E-state index contributed by atoms with van der Waals surface area (Å²) in [6.45, 7) is 4.79. The van der Waals surface area contributed by atoms with E-state index < -0.39 is 20.8 Å². The normalized spacial score (nSPS) is 11.7. The number of nitrogens with one attached hydrogen (secondary N) is 1. The molecule has 0 aliphatic rings. The molecule has 0 bridgehead atoms. The summed E-state index contributed by atoms with van der Waals surface area (Å²) in [4.78, 5) is 11.4. The largest absolute Gasteiger partial charge is 0.350 e. The summed E-state index contributed by atoms with van der Waals surface area (Å²) < 4.78 is 36.2. The summed E-state index contributed by atoms with van der Waals surface area (Å²) in [5.41, 5.74) is -0.284. The van der Waals surface area contributed by atoms with Crippen molar-refractivity contribution in [2.24, 2.45) is 0 Å². The van der Waals surface area contributed by atoms with Crippen molar-refractivity contribution in [3.8, 4) is 0 Å². The minimum Gasteiger partial charge on any atom is -0.350 e. The fourth-order valence-electron chi connectivity index (χ4n) is 1.38. The van der Waals surface area contributed by atoms with Gasteiger partial charge in [0.25, 0.3) is 15.0 Å². The van der Waals surface area contributed by atoms with E-state index in [4.69, 9.17) is 10.7 Å². The van der Waals surface area contributed by atoms with Crippen molar-refractivity contribution in [3.63, 3.8) is 0 Å². The predicted octanol–water partition coefficient (Wildman–Crippen LogP) is 2.20. The number of carbonyl (C=O) groups excluding carboxylic acids is 1. The Morgan fingerprint density at radius 1 is 1.39 bits per heavy atom. The van der Waals surface area contributed by atoms with Gasteiger partial charge < -0.3 is 5.32 Å². The van der Waals surface area contributed by atoms with Crippen molar-refractivity contribution >= 4 is 25.6 Å². The van der Waals surface area contributed by atoms with Crippen LogP contribution in [0, 0.1) is 12.7 Å². The molecule has 1 N–H and O–H groups in total. The van der Waals surface area contributed by atoms with E-state index in [1.807, 2.05) is 0 Å². The quantitative estimate of drug-likeness (QED) is 0.869. The smallest absolute Gasteiger partial charge is 0.261 e. The highest BCUT2D eigenvalue weighted by Gasteiger charge is 2.20. The van der Waals surface area contributed by atoms with E-state index >= 15 is 0 Å². The summed E-state index contributed by atoms with van der Waals surface area (Å²) >= 11 is 0. The first kappa shape index (κ1) is 14.9. The molecule has 0 spiro atoms. The monoisotopic (exact) mass is 293 g/mol. The van der Waals surface area contributed by atoms with Crippen LogP contribution in [-0.4, -0.2) is 20.4 Å². The second-order valence-corrected chi connectivity index (χ2v) is 6.73. The van der Waals surface area contributed by atoms with Gasteiger partial charge in [-0.15, -0.1) is 0 Å². The fourth-order valence-corrected chi connectivity index (χ4v) is 2.23. The van der Waals surface area contributed by atoms with Gasteiger partial charge in [-0.05, 0) is 38.5 Å². The van der Waals surface area contributed by atoms with E-state index in [9.17, 15) is 17.6 Å². The summed E-state index contributed by atoms with van der Waals surface area (Å²) in [5, 5.41) is 2.49. The summed E-state index contributed by atoms with van der Waals surface area (Å²) in [5.74, 6) is -1.43. The maximum atomic E-state index is 13.8. The zero-order chi connectivity index (χ0) is 14.1. The minimum atomic E-state index is -4.00. The maximum Gasteiger partial charge on any atom is 0.261 e. The van der Waals surface area contributed by atoms with Crippen molar-refractivity contribution < 1.29 is 17.6 Å². The number of amides is 1. The lowest BCUT2D eigenvalue weighted by Gasteiger charge is -2.11. The number of carbonyl (C=O) groups is 1. The zero-order valence-corrected chi connectivity index (χ0v) is 11.7. The molecule has 0 radical (unpaired) electrons. The van der Waals surface area contributed by atoms with Gasteiger partial charge in [-0.3, -0.25) is 4.79 Å². The van der Waals surface area contributed by atoms with Crippen molar-refractivity contribution in [2.45, 2.75) is 31.7 Å². The number of hydrogen-bond donors (Lipinski definition) is 1. The average molecular weight is 294 g/mol. The minimum absolute atomic E-state index is 0.0469. The lowest BCUT2D eigenvalue weighted by molar-refractivity contribution is 0.0938. The highest BCUT2D eigenvalue weighted by molar-refractivity contribution is 8.13. The lowest BCUT2D eigenvalue weighted by Crippen LogP contribution is -2.31. The molecule has 1 aromatic carbocycles. The Balaban J connectivity index is 3.36. The zero-order valence-electron chi connectivity index (χ0n) is 10.1. The Hall–Kier alpha value is -1.14. The molecule has 1 aromatic rings. The molecule has 0 atom stereocenters. The molecule has 0 aliphatic heterocycles. The Morgan fingerprint density at radius 2 is 1.94 bits per heavy atom. The molecular weight excluding hydrogens is 281 g/mol. The van der Waals surface area contributed by atoms with E-state index in [0.29, 0.717) is 0 Å². The van der Waals surface area contributed by atoms with Crippen molar-refractivity contribution in [1.29, 1.82) is 0 Å². The fraction of sp³-hybridized carbons (Fsp3) is 0.364. The number of hydrogen-bond acceptors (Lipinski definition) is 3. The van der Waals surface area contributed by atoms with Crippen LogP contribution < -0.4 is 5.32 Å². The van der Waals surface area contributed by atoms with Crippen LogP contribution in [0.4, 0.5) is 4.39 Å². The summed E-state index contributed by atoms with van der Waals surface area (Å²) in [6.07, 6.45) is 0. The van der Waals surface area contributed by atoms with Crippen molar-refractivity contribution in [1.82, 2.24) is 5.32 Å². The van der Waals surface area contributed by atoms with Crippen LogP contribution in [-0.2, 0) is 9.05 Å². The molecule has 0 saturated carbocycles. The first-order chi connectivity index (χ1) is 8.12. The Kier molecular flexibility index (Phi) is 4.34. The molecule has 0 fully saturated rings. The van der Waals surface area contributed by atoms with Gasteiger partial charge >= 0.3 is 0 Å². The van der Waals surface area contributed by atoms with Crippen LogP contribution in [0.15, 0.2) is 17.0 Å². The van der Waals surface area contributed by atoms with Gasteiger partial charge in [0.1, 0.15) is 5.82 Å². The third-order valence-electron chi connectivity index (χ3n) is 2.17. The molecule has 0 aliphatic carbocycles. The van der Waals surface area contributed by atoms with Gasteiger partial charge in [-0.2, -0.15) is 0 Å². The van der Waals surface area contributed by atoms with E-state index in [1.54, 1.807) is 13.8 Å². The van der Waals surface area contributed by atoms with Gasteiger partial charge in [0, 0.05) is 16.7 Å². The van der Waals surface area contributed by atoms with E-state index in [1.165, 1.54) is 6.92 Å². The first-order valence-electron chi connectivity index (χ1n) is 5.18. The molecule has 0 saturated heterocycles. The second kappa shape index (κ2) is 5.24. The predicted molar refractivity (Wildman–Crippen MR) is 66.8 cm³/mol. The number of rotatable bonds is 3. The molecule has 18 heavy (non-hydrogen) atoms. The Bertz CT molecular complexity index is 584. The topological polar surface area (TPSA) is 63.2 Å². The molecule has 0 heterocycles. The molecule has 4 nitrogen and oxygen atoms in total. The van der Waals surface area contributed by atoms with E-state index in [0.717, 1.165) is 12.1 Å². The van der Waals surface area contributed by atoms with Crippen LogP contribution in [0.25, 0.3) is 0 Å². The molecule has 7 heteroatoms. The van der Waals surface area contributed by atoms with E-state index in [-0.39, 0.29) is 22.1 Å². The Morgan fingerprint density at radius 3 is 2.39 bits per heavy atom. The number of aryl methyl sites for hydroxylation is 1. The highest BCUT2D eigenvalue weighted by atomic mass is 35.7. The molecule has 0 unspecified atom stereocenters. The van der Waals surface area contributed by atoms with Crippen molar-refractivity contribution in [2.75, 3.05) is 0 Å². The SMILES string of the molecule is Cc1cc(S(=O)(=O)Cl)cc(C(=O)NC(C)C)c1F. The Labute approximate surface area is 110 Å². The molecule has 1 amide bonds. The van der Waals surface area contributed by atoms with Crippen LogP contribution in [0.2, 0.25) is 0 Å². The van der Waals surface area contributed by atoms with Crippen LogP contribution >= 0.6 is 10.7 Å². The van der Waals surface area contributed by atoms with Crippen molar-refractivity contribution in [3.05, 3.63) is 29.1 Å². The molecule has 0 aromatic heterocycles. The number of halogens is 2. The van der Waals surface area contributed by atoms with Gasteiger partial charge in [0.15, 0.2) is 0 Å². The third-order valence-corrected chi connectivity index (χ3v) is 3.51. The second-order valence-electron chi connectivity index (χ2n) is 4.17. The molecular formula is C11H13ClFNO3S. The van der Waals surface area contributed by atoms with E-state index in [2.05, 4.69) is 5.32 Å². The third kappa shape index (κ3) is 3.43.